The molecule has 0 unspecified atom stereocenters. The number of methoxy groups -OCH3 is 1. The Bertz CT molecular complexity index is 1140. The summed E-state index contributed by atoms with van der Waals surface area (Å²) in [5.41, 5.74) is 1.72. The smallest absolute Gasteiger partial charge is 0.238 e. The lowest BCUT2D eigenvalue weighted by atomic mass is 10.0. The van der Waals surface area contributed by atoms with Gasteiger partial charge < -0.3 is 14.6 Å². The molecule has 0 aliphatic carbocycles. The molecule has 8 nitrogen and oxygen atoms in total. The highest BCUT2D eigenvalue weighted by Gasteiger charge is 2.16. The normalized spacial score (nSPS) is 11.4. The molecule has 28 heavy (non-hydrogen) atoms. The fraction of sp³-hybridized carbons (Fsp3) is 0.111. The first-order valence-electron chi connectivity index (χ1n) is 7.93. The summed E-state index contributed by atoms with van der Waals surface area (Å²) in [5.74, 6) is -1.88. The van der Waals surface area contributed by atoms with E-state index >= 15 is 0 Å². The number of hydrogen-bond acceptors (Lipinski definition) is 6. The second-order valence-electron chi connectivity index (χ2n) is 5.88. The van der Waals surface area contributed by atoms with Crippen molar-refractivity contribution in [2.24, 2.45) is 5.14 Å². The number of nitrogens with two attached hydrogens (primary N) is 1. The molecule has 10 heteroatoms. The zero-order chi connectivity index (χ0) is 20.5. The molecule has 0 bridgehead atoms. The maximum Gasteiger partial charge on any atom is 0.238 e. The van der Waals surface area contributed by atoms with Crippen LogP contribution in [0.2, 0.25) is 0 Å². The summed E-state index contributed by atoms with van der Waals surface area (Å²) in [6.45, 7) is -0.499. The average Bonchev–Trinajstić information content (AvgIpc) is 3.04. The number of ether oxygens (including phenoxy) is 1. The minimum atomic E-state index is -3.86. The van der Waals surface area contributed by atoms with Crippen molar-refractivity contribution in [2.75, 3.05) is 7.11 Å². The minimum absolute atomic E-state index is 0.0601. The fourth-order valence-corrected chi connectivity index (χ4v) is 3.21. The maximum atomic E-state index is 14.1. The predicted molar refractivity (Wildman–Crippen MR) is 96.0 cm³/mol. The topological polar surface area (TPSA) is 127 Å². The van der Waals surface area contributed by atoms with E-state index in [0.717, 1.165) is 4.68 Å². The zero-order valence-corrected chi connectivity index (χ0v) is 15.4. The molecule has 0 saturated heterocycles. The molecule has 1 heterocycles. The van der Waals surface area contributed by atoms with Gasteiger partial charge in [0.2, 0.25) is 10.0 Å². The van der Waals surface area contributed by atoms with Crippen LogP contribution < -0.4 is 15.0 Å². The molecule has 0 atom stereocenters. The van der Waals surface area contributed by atoms with Crippen LogP contribution in [0.25, 0.3) is 22.4 Å². The molecule has 1 aromatic heterocycles. The van der Waals surface area contributed by atoms with E-state index < -0.39 is 28.4 Å². The number of carbonyl (C=O) groups excluding carboxylic acids is 1. The second-order valence-corrected chi connectivity index (χ2v) is 7.44. The molecule has 0 spiro atoms. The Morgan fingerprint density at radius 2 is 1.86 bits per heavy atom. The summed E-state index contributed by atoms with van der Waals surface area (Å²) >= 11 is 0. The van der Waals surface area contributed by atoms with Gasteiger partial charge in [-0.25, -0.2) is 17.9 Å². The van der Waals surface area contributed by atoms with Gasteiger partial charge in [-0.15, -0.1) is 0 Å². The van der Waals surface area contributed by atoms with Crippen molar-refractivity contribution in [3.05, 3.63) is 54.5 Å². The molecule has 2 N–H and O–H groups in total. The number of aromatic nitrogens is 2. The molecule has 146 valence electrons. The van der Waals surface area contributed by atoms with E-state index in [-0.39, 0.29) is 10.6 Å². The molecule has 0 amide bonds. The number of halogens is 1. The van der Waals surface area contributed by atoms with Crippen LogP contribution in [-0.4, -0.2) is 31.3 Å². The molecule has 0 aliphatic rings. The Morgan fingerprint density at radius 3 is 2.39 bits per heavy atom. The molecule has 0 saturated carbocycles. The monoisotopic (exact) mass is 404 g/mol. The van der Waals surface area contributed by atoms with Gasteiger partial charge in [0.25, 0.3) is 0 Å². The highest BCUT2D eigenvalue weighted by Crippen LogP contribution is 2.33. The van der Waals surface area contributed by atoms with E-state index in [1.165, 1.54) is 49.7 Å². The quantitative estimate of drug-likeness (QED) is 0.646. The number of aliphatic carboxylic acids is 1. The van der Waals surface area contributed by atoms with Crippen LogP contribution in [-0.2, 0) is 21.4 Å². The van der Waals surface area contributed by atoms with Gasteiger partial charge in [0.15, 0.2) is 11.6 Å². The number of primary sulfonamides is 1. The summed E-state index contributed by atoms with van der Waals surface area (Å²) in [6, 6.07) is 9.85. The van der Waals surface area contributed by atoms with Crippen molar-refractivity contribution < 1.29 is 27.4 Å². The predicted octanol–water partition coefficient (Wildman–Crippen LogP) is 0.762. The van der Waals surface area contributed by atoms with Gasteiger partial charge >= 0.3 is 0 Å². The van der Waals surface area contributed by atoms with E-state index in [1.54, 1.807) is 6.07 Å². The molecule has 3 aromatic rings. The lowest BCUT2D eigenvalue weighted by Crippen LogP contribution is -2.27. The fourth-order valence-electron chi connectivity index (χ4n) is 2.70. The van der Waals surface area contributed by atoms with Crippen LogP contribution >= 0.6 is 0 Å². The van der Waals surface area contributed by atoms with Crippen LogP contribution in [0.4, 0.5) is 4.39 Å². The van der Waals surface area contributed by atoms with Crippen molar-refractivity contribution in [1.82, 2.24) is 9.78 Å². The third-order valence-corrected chi connectivity index (χ3v) is 4.90. The molecule has 3 rings (SSSR count). The van der Waals surface area contributed by atoms with Crippen LogP contribution in [0.3, 0.4) is 0 Å². The van der Waals surface area contributed by atoms with Crippen LogP contribution in [0.15, 0.2) is 53.6 Å². The lowest BCUT2D eigenvalue weighted by molar-refractivity contribution is -0.306. The van der Waals surface area contributed by atoms with Gasteiger partial charge in [0.1, 0.15) is 5.69 Å². The van der Waals surface area contributed by atoms with Crippen molar-refractivity contribution >= 4 is 16.0 Å². The summed E-state index contributed by atoms with van der Waals surface area (Å²) in [6.07, 6.45) is 1.44. The van der Waals surface area contributed by atoms with E-state index in [0.29, 0.717) is 22.4 Å². The molecular weight excluding hydrogens is 389 g/mol. The van der Waals surface area contributed by atoms with E-state index in [9.17, 15) is 22.7 Å². The summed E-state index contributed by atoms with van der Waals surface area (Å²) < 4.78 is 43.0. The van der Waals surface area contributed by atoms with Gasteiger partial charge in [-0.2, -0.15) is 5.10 Å². The minimum Gasteiger partial charge on any atom is -0.548 e. The SMILES string of the molecule is COc1ccc(-c2cn(CC(=O)[O-])nc2-c2ccc(S(N)(=O)=O)cc2)cc1F. The number of sulfonamides is 1. The van der Waals surface area contributed by atoms with Crippen molar-refractivity contribution in [2.45, 2.75) is 11.4 Å². The molecule has 0 aliphatic heterocycles. The molecule has 2 aromatic carbocycles. The number of rotatable bonds is 6. The second kappa shape index (κ2) is 7.41. The summed E-state index contributed by atoms with van der Waals surface area (Å²) in [4.78, 5) is 10.8. The number of carbonyl (C=O) groups is 1. The average molecular weight is 404 g/mol. The van der Waals surface area contributed by atoms with Gasteiger partial charge in [0, 0.05) is 17.3 Å². The largest absolute Gasteiger partial charge is 0.548 e. The van der Waals surface area contributed by atoms with Gasteiger partial charge in [-0.3, -0.25) is 4.68 Å². The first-order chi connectivity index (χ1) is 13.2. The van der Waals surface area contributed by atoms with Gasteiger partial charge in [-0.1, -0.05) is 18.2 Å². The van der Waals surface area contributed by atoms with Crippen molar-refractivity contribution in [3.8, 4) is 28.1 Å². The van der Waals surface area contributed by atoms with E-state index in [2.05, 4.69) is 5.10 Å². The van der Waals surface area contributed by atoms with Crippen molar-refractivity contribution in [3.63, 3.8) is 0 Å². The first kappa shape index (κ1) is 19.5. The van der Waals surface area contributed by atoms with Crippen LogP contribution in [0, 0.1) is 5.82 Å². The standard InChI is InChI=1S/C18H16FN3O5S/c1-27-16-7-4-12(8-15(16)19)14-9-22(10-17(23)24)21-18(14)11-2-5-13(6-3-11)28(20,25)26/h2-9H,10H2,1H3,(H,23,24)(H2,20,25,26)/p-1. The highest BCUT2D eigenvalue weighted by atomic mass is 32.2. The number of benzene rings is 2. The lowest BCUT2D eigenvalue weighted by Gasteiger charge is -2.06. The molecular formula is C18H15FN3O5S-. The third-order valence-electron chi connectivity index (χ3n) is 3.97. The van der Waals surface area contributed by atoms with Gasteiger partial charge in [-0.05, 0) is 29.8 Å². The Hall–Kier alpha value is -3.24. The Balaban J connectivity index is 2.13. The van der Waals surface area contributed by atoms with E-state index in [1.807, 2.05) is 0 Å². The molecule has 0 fully saturated rings. The first-order valence-corrected chi connectivity index (χ1v) is 9.48. The third kappa shape index (κ3) is 4.02. The molecule has 0 radical (unpaired) electrons. The Labute approximate surface area is 160 Å². The number of nitrogens with zero attached hydrogens (tertiary/aromatic N) is 2. The van der Waals surface area contributed by atoms with E-state index in [4.69, 9.17) is 9.88 Å². The van der Waals surface area contributed by atoms with Crippen molar-refractivity contribution in [1.29, 1.82) is 0 Å². The van der Waals surface area contributed by atoms with Gasteiger partial charge in [0.05, 0.1) is 24.5 Å². The van der Waals surface area contributed by atoms with Crippen LogP contribution in [0.5, 0.6) is 5.75 Å². The Kier molecular flexibility index (Phi) is 5.16. The summed E-state index contributed by atoms with van der Waals surface area (Å²) in [5, 5.41) is 20.2. The number of carboxylic acids is 1. The number of hydrogen-bond donors (Lipinski definition) is 1. The zero-order valence-electron chi connectivity index (χ0n) is 14.6. The summed E-state index contributed by atoms with van der Waals surface area (Å²) in [7, 11) is -2.52. The Morgan fingerprint density at radius 1 is 1.21 bits per heavy atom. The number of carboxylic acid groups (broad SMARTS) is 1. The highest BCUT2D eigenvalue weighted by molar-refractivity contribution is 7.89. The maximum absolute atomic E-state index is 14.1. The van der Waals surface area contributed by atoms with Crippen LogP contribution in [0.1, 0.15) is 0 Å².